The molecule has 186 valence electrons. The average molecular weight is 474 g/mol. The van der Waals surface area contributed by atoms with Crippen LogP contribution >= 0.6 is 0 Å². The SMILES string of the molecule is CC(=O)N1CCN(c2ccc(C(=O)N3CCC(CCN4CCOCC4)CC3)cc2[N+](=O)[O-])CC1. The first-order valence-corrected chi connectivity index (χ1v) is 12.3. The monoisotopic (exact) mass is 473 g/mol. The van der Waals surface area contributed by atoms with Crippen LogP contribution in [0.3, 0.4) is 0 Å². The average Bonchev–Trinajstić information content (AvgIpc) is 2.87. The van der Waals surface area contributed by atoms with Crippen LogP contribution in [0.25, 0.3) is 0 Å². The van der Waals surface area contributed by atoms with Gasteiger partial charge in [-0.1, -0.05) is 0 Å². The van der Waals surface area contributed by atoms with Crippen molar-refractivity contribution in [3.63, 3.8) is 0 Å². The number of anilines is 1. The molecule has 34 heavy (non-hydrogen) atoms. The Labute approximate surface area is 200 Å². The van der Waals surface area contributed by atoms with Crippen LogP contribution in [0.4, 0.5) is 11.4 Å². The van der Waals surface area contributed by atoms with Gasteiger partial charge in [-0.05, 0) is 43.9 Å². The molecule has 2 amide bonds. The molecule has 3 fully saturated rings. The third kappa shape index (κ3) is 5.85. The highest BCUT2D eigenvalue weighted by Crippen LogP contribution is 2.31. The summed E-state index contributed by atoms with van der Waals surface area (Å²) in [5.74, 6) is 0.486. The van der Waals surface area contributed by atoms with Gasteiger partial charge in [-0.15, -0.1) is 0 Å². The molecule has 0 N–H and O–H groups in total. The van der Waals surface area contributed by atoms with Gasteiger partial charge in [0.05, 0.1) is 18.1 Å². The van der Waals surface area contributed by atoms with E-state index in [0.29, 0.717) is 56.4 Å². The van der Waals surface area contributed by atoms with Crippen molar-refractivity contribution in [2.24, 2.45) is 5.92 Å². The normalized spacial score (nSPS) is 20.4. The van der Waals surface area contributed by atoms with E-state index in [9.17, 15) is 19.7 Å². The van der Waals surface area contributed by atoms with Crippen LogP contribution in [-0.4, -0.2) is 104 Å². The van der Waals surface area contributed by atoms with Gasteiger partial charge in [0.25, 0.3) is 11.6 Å². The lowest BCUT2D eigenvalue weighted by atomic mass is 9.93. The molecule has 1 aromatic rings. The maximum Gasteiger partial charge on any atom is 0.293 e. The number of carbonyl (C=O) groups is 2. The number of piperazine rings is 1. The molecule has 3 heterocycles. The van der Waals surface area contributed by atoms with Crippen LogP contribution in [0.15, 0.2) is 18.2 Å². The molecule has 0 spiro atoms. The molecule has 0 saturated carbocycles. The van der Waals surface area contributed by atoms with Crippen molar-refractivity contribution in [2.75, 3.05) is 77.0 Å². The van der Waals surface area contributed by atoms with Gasteiger partial charge in [-0.25, -0.2) is 0 Å². The molecule has 0 aromatic heterocycles. The Balaban J connectivity index is 1.34. The van der Waals surface area contributed by atoms with Crippen LogP contribution in [-0.2, 0) is 9.53 Å². The fraction of sp³-hybridized carbons (Fsp3) is 0.667. The molecule has 3 aliphatic heterocycles. The van der Waals surface area contributed by atoms with Gasteiger partial charge in [0.2, 0.25) is 5.91 Å². The molecule has 3 aliphatic rings. The van der Waals surface area contributed by atoms with Crippen molar-refractivity contribution in [1.29, 1.82) is 0 Å². The van der Waals surface area contributed by atoms with Gasteiger partial charge >= 0.3 is 0 Å². The Morgan fingerprint density at radius 1 is 1.00 bits per heavy atom. The first-order chi connectivity index (χ1) is 16.4. The molecular weight excluding hydrogens is 438 g/mol. The molecule has 1 aromatic carbocycles. The zero-order chi connectivity index (χ0) is 24.1. The second-order valence-electron chi connectivity index (χ2n) is 9.43. The second kappa shape index (κ2) is 11.1. The van der Waals surface area contributed by atoms with Crippen LogP contribution in [0.5, 0.6) is 0 Å². The van der Waals surface area contributed by atoms with Crippen molar-refractivity contribution < 1.29 is 19.2 Å². The van der Waals surface area contributed by atoms with E-state index in [0.717, 1.165) is 52.1 Å². The van der Waals surface area contributed by atoms with E-state index in [1.165, 1.54) is 13.0 Å². The zero-order valence-electron chi connectivity index (χ0n) is 20.0. The minimum absolute atomic E-state index is 0.0139. The first kappa shape index (κ1) is 24.4. The van der Waals surface area contributed by atoms with E-state index in [4.69, 9.17) is 4.74 Å². The summed E-state index contributed by atoms with van der Waals surface area (Å²) in [6.45, 7) is 9.75. The van der Waals surface area contributed by atoms with Crippen LogP contribution < -0.4 is 4.90 Å². The lowest BCUT2D eigenvalue weighted by molar-refractivity contribution is -0.384. The summed E-state index contributed by atoms with van der Waals surface area (Å²) in [6.07, 6.45) is 3.08. The molecule has 10 nitrogen and oxygen atoms in total. The summed E-state index contributed by atoms with van der Waals surface area (Å²) in [5, 5.41) is 11.8. The predicted molar refractivity (Wildman–Crippen MR) is 128 cm³/mol. The first-order valence-electron chi connectivity index (χ1n) is 12.3. The van der Waals surface area contributed by atoms with E-state index in [-0.39, 0.29) is 17.5 Å². The number of likely N-dealkylation sites (tertiary alicyclic amines) is 1. The van der Waals surface area contributed by atoms with Crippen molar-refractivity contribution in [2.45, 2.75) is 26.2 Å². The Kier molecular flexibility index (Phi) is 7.99. The van der Waals surface area contributed by atoms with Crippen molar-refractivity contribution in [1.82, 2.24) is 14.7 Å². The Bertz CT molecular complexity index is 888. The number of hydrogen-bond acceptors (Lipinski definition) is 7. The number of nitrogens with zero attached hydrogens (tertiary/aromatic N) is 5. The van der Waals surface area contributed by atoms with E-state index in [1.807, 2.05) is 9.80 Å². The number of ether oxygens (including phenoxy) is 1. The summed E-state index contributed by atoms with van der Waals surface area (Å²) < 4.78 is 5.41. The fourth-order valence-corrected chi connectivity index (χ4v) is 5.13. The van der Waals surface area contributed by atoms with Gasteiger partial charge in [0, 0.05) is 70.9 Å². The number of morpholine rings is 1. The second-order valence-corrected chi connectivity index (χ2v) is 9.43. The fourth-order valence-electron chi connectivity index (χ4n) is 5.13. The minimum atomic E-state index is -0.415. The van der Waals surface area contributed by atoms with Crippen LogP contribution in [0, 0.1) is 16.0 Å². The lowest BCUT2D eigenvalue weighted by Gasteiger charge is -2.35. The molecule has 3 saturated heterocycles. The Morgan fingerprint density at radius 3 is 2.29 bits per heavy atom. The number of nitro benzene ring substituents is 1. The minimum Gasteiger partial charge on any atom is -0.379 e. The summed E-state index contributed by atoms with van der Waals surface area (Å²) in [5.41, 5.74) is 0.818. The number of amides is 2. The zero-order valence-corrected chi connectivity index (χ0v) is 20.0. The molecule has 0 aliphatic carbocycles. The number of carbonyl (C=O) groups excluding carboxylic acids is 2. The molecule has 0 unspecified atom stereocenters. The highest BCUT2D eigenvalue weighted by molar-refractivity contribution is 5.96. The summed E-state index contributed by atoms with van der Waals surface area (Å²) in [6, 6.07) is 4.80. The predicted octanol–water partition coefficient (Wildman–Crippen LogP) is 1.84. The quantitative estimate of drug-likeness (QED) is 0.459. The van der Waals surface area contributed by atoms with Gasteiger partial charge in [-0.2, -0.15) is 0 Å². The van der Waals surface area contributed by atoms with E-state index in [2.05, 4.69) is 4.90 Å². The maximum atomic E-state index is 13.1. The van der Waals surface area contributed by atoms with Crippen molar-refractivity contribution in [3.05, 3.63) is 33.9 Å². The van der Waals surface area contributed by atoms with Gasteiger partial charge in [0.15, 0.2) is 0 Å². The Morgan fingerprint density at radius 2 is 1.68 bits per heavy atom. The molecule has 0 bridgehead atoms. The van der Waals surface area contributed by atoms with E-state index < -0.39 is 4.92 Å². The standard InChI is InChI=1S/C24H35N5O5/c1-19(30)26-10-12-27(13-11-26)22-3-2-21(18-23(22)29(32)33)24(31)28-8-5-20(6-9-28)4-7-25-14-16-34-17-15-25/h2-3,18,20H,4-17H2,1H3. The van der Waals surface area contributed by atoms with E-state index >= 15 is 0 Å². The third-order valence-corrected chi connectivity index (χ3v) is 7.34. The lowest BCUT2D eigenvalue weighted by Crippen LogP contribution is -2.48. The molecular formula is C24H35N5O5. The molecule has 4 rings (SSSR count). The largest absolute Gasteiger partial charge is 0.379 e. The van der Waals surface area contributed by atoms with Gasteiger partial charge in [-0.3, -0.25) is 24.6 Å². The van der Waals surface area contributed by atoms with Crippen molar-refractivity contribution >= 4 is 23.2 Å². The summed E-state index contributed by atoms with van der Waals surface area (Å²) in [7, 11) is 0. The molecule has 10 heteroatoms. The summed E-state index contributed by atoms with van der Waals surface area (Å²) >= 11 is 0. The summed E-state index contributed by atoms with van der Waals surface area (Å²) in [4.78, 5) is 44.0. The molecule has 0 atom stereocenters. The van der Waals surface area contributed by atoms with Gasteiger partial charge < -0.3 is 19.4 Å². The van der Waals surface area contributed by atoms with Crippen LogP contribution in [0.1, 0.15) is 36.5 Å². The van der Waals surface area contributed by atoms with Gasteiger partial charge in [0.1, 0.15) is 5.69 Å². The van der Waals surface area contributed by atoms with E-state index in [1.54, 1.807) is 17.0 Å². The topological polar surface area (TPSA) is 99.5 Å². The van der Waals surface area contributed by atoms with Crippen LogP contribution in [0.2, 0.25) is 0 Å². The number of benzene rings is 1. The number of piperidine rings is 1. The Hall–Kier alpha value is -2.72. The number of nitro groups is 1. The molecule has 0 radical (unpaired) electrons. The van der Waals surface area contributed by atoms with Crippen molar-refractivity contribution in [3.8, 4) is 0 Å². The highest BCUT2D eigenvalue weighted by atomic mass is 16.6. The number of hydrogen-bond donors (Lipinski definition) is 0. The smallest absolute Gasteiger partial charge is 0.293 e. The third-order valence-electron chi connectivity index (χ3n) is 7.34. The highest BCUT2D eigenvalue weighted by Gasteiger charge is 2.28. The maximum absolute atomic E-state index is 13.1. The number of rotatable bonds is 6.